The summed E-state index contributed by atoms with van der Waals surface area (Å²) in [5.41, 5.74) is 1.16. The van der Waals surface area contributed by atoms with Crippen LogP contribution >= 0.6 is 11.8 Å². The molecule has 1 aromatic carbocycles. The van der Waals surface area contributed by atoms with Crippen LogP contribution in [0.15, 0.2) is 29.2 Å². The molecule has 0 aliphatic carbocycles. The summed E-state index contributed by atoms with van der Waals surface area (Å²) in [6, 6.07) is 7.77. The SMILES string of the molecule is CCNC(=O)[C@H](C)NC(=O)CN(C)Cc1ccc(SC)cc1. The maximum atomic E-state index is 11.9. The summed E-state index contributed by atoms with van der Waals surface area (Å²) in [4.78, 5) is 26.6. The maximum Gasteiger partial charge on any atom is 0.242 e. The number of benzene rings is 1. The third-order valence-electron chi connectivity index (χ3n) is 3.15. The molecule has 0 unspecified atom stereocenters. The van der Waals surface area contributed by atoms with E-state index >= 15 is 0 Å². The molecule has 22 heavy (non-hydrogen) atoms. The molecule has 1 rings (SSSR count). The highest BCUT2D eigenvalue weighted by Crippen LogP contribution is 2.15. The van der Waals surface area contributed by atoms with E-state index in [0.717, 1.165) is 5.56 Å². The Kier molecular flexibility index (Phi) is 7.98. The Morgan fingerprint density at radius 1 is 1.27 bits per heavy atom. The van der Waals surface area contributed by atoms with Gasteiger partial charge in [-0.1, -0.05) is 12.1 Å². The van der Waals surface area contributed by atoms with Crippen LogP contribution in [0.25, 0.3) is 0 Å². The van der Waals surface area contributed by atoms with E-state index in [-0.39, 0.29) is 18.4 Å². The van der Waals surface area contributed by atoms with Crippen LogP contribution in [0.1, 0.15) is 19.4 Å². The lowest BCUT2D eigenvalue weighted by molar-refractivity contribution is -0.129. The second-order valence-electron chi connectivity index (χ2n) is 5.20. The van der Waals surface area contributed by atoms with Crippen molar-refractivity contribution in [3.8, 4) is 0 Å². The standard InChI is InChI=1S/C16H25N3O2S/c1-5-17-16(21)12(2)18-15(20)11-19(3)10-13-6-8-14(22-4)9-7-13/h6-9,12H,5,10-11H2,1-4H3,(H,17,21)(H,18,20)/t12-/m0/s1. The molecule has 0 aliphatic heterocycles. The van der Waals surface area contributed by atoms with Gasteiger partial charge in [0.15, 0.2) is 0 Å². The number of amides is 2. The smallest absolute Gasteiger partial charge is 0.242 e. The Bertz CT molecular complexity index is 491. The van der Waals surface area contributed by atoms with Gasteiger partial charge in [-0.2, -0.15) is 0 Å². The minimum Gasteiger partial charge on any atom is -0.355 e. The van der Waals surface area contributed by atoms with E-state index in [1.54, 1.807) is 18.7 Å². The van der Waals surface area contributed by atoms with Crippen LogP contribution < -0.4 is 10.6 Å². The molecule has 0 bridgehead atoms. The molecule has 2 N–H and O–H groups in total. The van der Waals surface area contributed by atoms with Gasteiger partial charge in [-0.3, -0.25) is 14.5 Å². The van der Waals surface area contributed by atoms with Gasteiger partial charge >= 0.3 is 0 Å². The van der Waals surface area contributed by atoms with Gasteiger partial charge in [0.25, 0.3) is 0 Å². The second kappa shape index (κ2) is 9.48. The summed E-state index contributed by atoms with van der Waals surface area (Å²) in [7, 11) is 1.89. The fourth-order valence-electron chi connectivity index (χ4n) is 2.02. The molecule has 122 valence electrons. The first kappa shape index (κ1) is 18.5. The average Bonchev–Trinajstić information content (AvgIpc) is 2.47. The number of hydrogen-bond acceptors (Lipinski definition) is 4. The molecule has 1 atom stereocenters. The van der Waals surface area contributed by atoms with Gasteiger partial charge in [-0.25, -0.2) is 0 Å². The van der Waals surface area contributed by atoms with Gasteiger partial charge in [0.1, 0.15) is 6.04 Å². The van der Waals surface area contributed by atoms with Crippen molar-refractivity contribution in [2.45, 2.75) is 31.3 Å². The summed E-state index contributed by atoms with van der Waals surface area (Å²) < 4.78 is 0. The van der Waals surface area contributed by atoms with Crippen molar-refractivity contribution in [3.63, 3.8) is 0 Å². The third kappa shape index (κ3) is 6.49. The molecular formula is C16H25N3O2S. The molecule has 5 nitrogen and oxygen atoms in total. The number of likely N-dealkylation sites (N-methyl/N-ethyl adjacent to an activating group) is 2. The zero-order chi connectivity index (χ0) is 16.5. The van der Waals surface area contributed by atoms with Crippen molar-refractivity contribution < 1.29 is 9.59 Å². The number of thioether (sulfide) groups is 1. The van der Waals surface area contributed by atoms with Crippen molar-refractivity contribution >= 4 is 23.6 Å². The van der Waals surface area contributed by atoms with Crippen molar-refractivity contribution in [2.75, 3.05) is 26.4 Å². The number of nitrogens with one attached hydrogen (secondary N) is 2. The first-order valence-electron chi connectivity index (χ1n) is 7.34. The maximum absolute atomic E-state index is 11.9. The Morgan fingerprint density at radius 3 is 2.45 bits per heavy atom. The van der Waals surface area contributed by atoms with Crippen molar-refractivity contribution in [2.24, 2.45) is 0 Å². The molecule has 0 radical (unpaired) electrons. The minimum atomic E-state index is -0.512. The summed E-state index contributed by atoms with van der Waals surface area (Å²) in [6.07, 6.45) is 2.04. The molecule has 6 heteroatoms. The molecule has 0 saturated heterocycles. The monoisotopic (exact) mass is 323 g/mol. The van der Waals surface area contributed by atoms with Gasteiger partial charge in [-0.05, 0) is 44.8 Å². The number of hydrogen-bond donors (Lipinski definition) is 2. The molecule has 1 aromatic rings. The Balaban J connectivity index is 2.41. The van der Waals surface area contributed by atoms with Gasteiger partial charge in [0, 0.05) is 18.0 Å². The van der Waals surface area contributed by atoms with Crippen LogP contribution in [0, 0.1) is 0 Å². The fourth-order valence-corrected chi connectivity index (χ4v) is 2.43. The lowest BCUT2D eigenvalue weighted by atomic mass is 10.2. The predicted octanol–water partition coefficient (Wildman–Crippen LogP) is 1.48. The summed E-state index contributed by atoms with van der Waals surface area (Å²) >= 11 is 1.70. The molecule has 0 aliphatic rings. The summed E-state index contributed by atoms with van der Waals surface area (Å²) in [5.74, 6) is -0.312. The average molecular weight is 323 g/mol. The van der Waals surface area contributed by atoms with Crippen LogP contribution in [0.5, 0.6) is 0 Å². The highest BCUT2D eigenvalue weighted by atomic mass is 32.2. The third-order valence-corrected chi connectivity index (χ3v) is 3.89. The molecular weight excluding hydrogens is 298 g/mol. The lowest BCUT2D eigenvalue weighted by Crippen LogP contribution is -2.47. The van der Waals surface area contributed by atoms with E-state index in [4.69, 9.17) is 0 Å². The molecule has 0 aromatic heterocycles. The van der Waals surface area contributed by atoms with E-state index in [1.807, 2.05) is 25.1 Å². The summed E-state index contributed by atoms with van der Waals surface area (Å²) in [5, 5.41) is 5.39. The minimum absolute atomic E-state index is 0.151. The first-order valence-corrected chi connectivity index (χ1v) is 8.57. The van der Waals surface area contributed by atoms with Crippen LogP contribution in [-0.2, 0) is 16.1 Å². The number of carbonyl (C=O) groups is 2. The lowest BCUT2D eigenvalue weighted by Gasteiger charge is -2.18. The zero-order valence-electron chi connectivity index (χ0n) is 13.7. The number of rotatable bonds is 8. The molecule has 0 fully saturated rings. The van der Waals surface area contributed by atoms with Crippen LogP contribution in [0.3, 0.4) is 0 Å². The number of carbonyl (C=O) groups excluding carboxylic acids is 2. The van der Waals surface area contributed by atoms with Crippen LogP contribution in [0.4, 0.5) is 0 Å². The summed E-state index contributed by atoms with van der Waals surface area (Å²) in [6.45, 7) is 5.04. The van der Waals surface area contributed by atoms with Gasteiger partial charge < -0.3 is 10.6 Å². The van der Waals surface area contributed by atoms with Crippen LogP contribution in [0.2, 0.25) is 0 Å². The van der Waals surface area contributed by atoms with E-state index in [2.05, 4.69) is 34.9 Å². The largest absolute Gasteiger partial charge is 0.355 e. The highest BCUT2D eigenvalue weighted by Gasteiger charge is 2.15. The van der Waals surface area contributed by atoms with Gasteiger partial charge in [0.05, 0.1) is 6.54 Å². The fraction of sp³-hybridized carbons (Fsp3) is 0.500. The molecule has 2 amide bonds. The van der Waals surface area contributed by atoms with E-state index < -0.39 is 6.04 Å². The Morgan fingerprint density at radius 2 is 1.91 bits per heavy atom. The topological polar surface area (TPSA) is 61.4 Å². The van der Waals surface area contributed by atoms with Gasteiger partial charge in [0.2, 0.25) is 11.8 Å². The normalized spacial score (nSPS) is 12.0. The molecule has 0 saturated carbocycles. The van der Waals surface area contributed by atoms with Crippen molar-refractivity contribution in [1.82, 2.24) is 15.5 Å². The van der Waals surface area contributed by atoms with E-state index in [0.29, 0.717) is 13.1 Å². The zero-order valence-corrected chi connectivity index (χ0v) is 14.5. The Labute approximate surface area is 136 Å². The predicted molar refractivity (Wildman–Crippen MR) is 90.8 cm³/mol. The van der Waals surface area contributed by atoms with Gasteiger partial charge in [-0.15, -0.1) is 11.8 Å². The Hall–Kier alpha value is -1.53. The van der Waals surface area contributed by atoms with Crippen molar-refractivity contribution in [1.29, 1.82) is 0 Å². The quantitative estimate of drug-likeness (QED) is 0.712. The van der Waals surface area contributed by atoms with Crippen LogP contribution in [-0.4, -0.2) is 49.1 Å². The van der Waals surface area contributed by atoms with E-state index in [9.17, 15) is 9.59 Å². The molecule has 0 spiro atoms. The highest BCUT2D eigenvalue weighted by molar-refractivity contribution is 7.98. The first-order chi connectivity index (χ1) is 10.5. The van der Waals surface area contributed by atoms with Crippen molar-refractivity contribution in [3.05, 3.63) is 29.8 Å². The molecule has 0 heterocycles. The number of nitrogens with zero attached hydrogens (tertiary/aromatic N) is 1. The second-order valence-corrected chi connectivity index (χ2v) is 6.08. The van der Waals surface area contributed by atoms with E-state index in [1.165, 1.54) is 4.90 Å².